The van der Waals surface area contributed by atoms with Crippen molar-refractivity contribution in [1.29, 1.82) is 0 Å². The van der Waals surface area contributed by atoms with Gasteiger partial charge in [-0.1, -0.05) is 35.8 Å². The van der Waals surface area contributed by atoms with Crippen molar-refractivity contribution in [3.05, 3.63) is 59.4 Å². The molecule has 3 aromatic rings. The van der Waals surface area contributed by atoms with E-state index in [0.717, 1.165) is 23.4 Å². The Kier molecular flexibility index (Phi) is 7.21. The zero-order chi connectivity index (χ0) is 20.6. The molecule has 0 aliphatic carbocycles. The van der Waals surface area contributed by atoms with E-state index in [0.29, 0.717) is 34.7 Å². The highest BCUT2D eigenvalue weighted by Crippen LogP contribution is 2.22. The van der Waals surface area contributed by atoms with E-state index >= 15 is 0 Å². The van der Waals surface area contributed by atoms with Gasteiger partial charge in [0.2, 0.25) is 5.82 Å². The number of aromatic nitrogens is 2. The van der Waals surface area contributed by atoms with Crippen LogP contribution in [0.2, 0.25) is 5.02 Å². The molecular formula is C21H24ClN4O3+. The van der Waals surface area contributed by atoms with Crippen molar-refractivity contribution in [1.82, 2.24) is 10.1 Å². The number of para-hydroxylation sites is 2. The molecule has 0 saturated carbocycles. The summed E-state index contributed by atoms with van der Waals surface area (Å²) in [5.74, 6) is 1.52. The van der Waals surface area contributed by atoms with Crippen LogP contribution in [0.15, 0.2) is 53.1 Å². The van der Waals surface area contributed by atoms with Gasteiger partial charge in [-0.05, 0) is 42.8 Å². The van der Waals surface area contributed by atoms with Crippen molar-refractivity contribution in [3.8, 4) is 17.1 Å². The molecular weight excluding hydrogens is 392 g/mol. The first kappa shape index (κ1) is 20.8. The average molecular weight is 416 g/mol. The smallest absolute Gasteiger partial charge is 0.282 e. The summed E-state index contributed by atoms with van der Waals surface area (Å²) in [7, 11) is 1.58. The maximum atomic E-state index is 12.5. The minimum atomic E-state index is -0.101. The molecule has 1 aromatic heterocycles. The standard InChI is InChI=1S/C21H23ClN4O3/c1-3-12-26(13-19(27)23-17-6-4-5-7-18(17)28-2)14-20-24-21(25-29-20)15-8-10-16(22)11-9-15/h4-11H,3,12-14H2,1-2H3,(H,23,27)/p+1. The van der Waals surface area contributed by atoms with Crippen LogP contribution in [0, 0.1) is 0 Å². The number of halogens is 1. The molecule has 0 bridgehead atoms. The predicted molar refractivity (Wildman–Crippen MR) is 111 cm³/mol. The first-order chi connectivity index (χ1) is 14.1. The van der Waals surface area contributed by atoms with Crippen LogP contribution in [-0.4, -0.2) is 36.2 Å². The number of carbonyl (C=O) groups excluding carboxylic acids is 1. The third kappa shape index (κ3) is 5.79. The topological polar surface area (TPSA) is 81.7 Å². The quantitative estimate of drug-likeness (QED) is 0.561. The molecule has 2 N–H and O–H groups in total. The highest BCUT2D eigenvalue weighted by atomic mass is 35.5. The number of nitrogens with one attached hydrogen (secondary N) is 2. The lowest BCUT2D eigenvalue weighted by atomic mass is 10.2. The Morgan fingerprint density at radius 2 is 1.97 bits per heavy atom. The molecule has 1 atom stereocenters. The van der Waals surface area contributed by atoms with Crippen molar-refractivity contribution >= 4 is 23.2 Å². The van der Waals surface area contributed by atoms with Crippen LogP contribution < -0.4 is 15.0 Å². The van der Waals surface area contributed by atoms with Gasteiger partial charge in [0.05, 0.1) is 19.3 Å². The fourth-order valence-electron chi connectivity index (χ4n) is 3.02. The molecule has 7 nitrogen and oxygen atoms in total. The summed E-state index contributed by atoms with van der Waals surface area (Å²) in [6.45, 7) is 3.63. The fourth-order valence-corrected chi connectivity index (χ4v) is 3.14. The minimum Gasteiger partial charge on any atom is -0.495 e. The molecule has 0 aliphatic rings. The number of hydrogen-bond acceptors (Lipinski definition) is 5. The molecule has 3 rings (SSSR count). The number of nitrogens with zero attached hydrogens (tertiary/aromatic N) is 2. The Hall–Kier alpha value is -2.90. The van der Waals surface area contributed by atoms with E-state index in [2.05, 4.69) is 22.4 Å². The summed E-state index contributed by atoms with van der Waals surface area (Å²) in [6, 6.07) is 14.6. The molecule has 2 aromatic carbocycles. The lowest BCUT2D eigenvalue weighted by molar-refractivity contribution is -0.907. The van der Waals surface area contributed by atoms with E-state index in [1.165, 1.54) is 0 Å². The molecule has 0 saturated heterocycles. The highest BCUT2D eigenvalue weighted by Gasteiger charge is 2.19. The van der Waals surface area contributed by atoms with Crippen molar-refractivity contribution < 1.29 is 19.0 Å². The minimum absolute atomic E-state index is 0.101. The zero-order valence-electron chi connectivity index (χ0n) is 16.4. The third-order valence-electron chi connectivity index (χ3n) is 4.37. The molecule has 8 heteroatoms. The number of quaternary nitrogens is 1. The lowest BCUT2D eigenvalue weighted by Crippen LogP contribution is -3.11. The first-order valence-corrected chi connectivity index (χ1v) is 9.81. The van der Waals surface area contributed by atoms with Gasteiger partial charge < -0.3 is 19.5 Å². The van der Waals surface area contributed by atoms with Gasteiger partial charge in [-0.2, -0.15) is 4.98 Å². The second-order valence-electron chi connectivity index (χ2n) is 6.62. The van der Waals surface area contributed by atoms with E-state index in [1.807, 2.05) is 36.4 Å². The molecule has 0 fully saturated rings. The van der Waals surface area contributed by atoms with Gasteiger partial charge in [-0.3, -0.25) is 4.79 Å². The Balaban J connectivity index is 1.64. The number of ether oxygens (including phenoxy) is 1. The molecule has 1 heterocycles. The monoisotopic (exact) mass is 415 g/mol. The highest BCUT2D eigenvalue weighted by molar-refractivity contribution is 6.30. The number of methoxy groups -OCH3 is 1. The van der Waals surface area contributed by atoms with Gasteiger partial charge in [-0.25, -0.2) is 0 Å². The lowest BCUT2D eigenvalue weighted by Gasteiger charge is -2.17. The Bertz CT molecular complexity index is 943. The van der Waals surface area contributed by atoms with Gasteiger partial charge in [0.15, 0.2) is 13.1 Å². The molecule has 1 unspecified atom stereocenters. The van der Waals surface area contributed by atoms with Crippen LogP contribution in [0.4, 0.5) is 5.69 Å². The molecule has 0 aliphatic heterocycles. The van der Waals surface area contributed by atoms with E-state index in [-0.39, 0.29) is 12.5 Å². The van der Waals surface area contributed by atoms with Crippen LogP contribution >= 0.6 is 11.6 Å². The molecule has 29 heavy (non-hydrogen) atoms. The van der Waals surface area contributed by atoms with Crippen molar-refractivity contribution in [2.24, 2.45) is 0 Å². The Labute approximate surface area is 174 Å². The van der Waals surface area contributed by atoms with Crippen LogP contribution in [0.1, 0.15) is 19.2 Å². The first-order valence-electron chi connectivity index (χ1n) is 9.44. The molecule has 0 radical (unpaired) electrons. The Morgan fingerprint density at radius 1 is 1.21 bits per heavy atom. The van der Waals surface area contributed by atoms with Gasteiger partial charge in [0, 0.05) is 10.6 Å². The summed E-state index contributed by atoms with van der Waals surface area (Å²) in [5.41, 5.74) is 1.48. The number of benzene rings is 2. The SMILES string of the molecule is CCC[NH+](CC(=O)Nc1ccccc1OC)Cc1nc(-c2ccc(Cl)cc2)no1. The van der Waals surface area contributed by atoms with Gasteiger partial charge >= 0.3 is 0 Å². The number of anilines is 1. The van der Waals surface area contributed by atoms with E-state index < -0.39 is 0 Å². The number of rotatable bonds is 9. The zero-order valence-corrected chi connectivity index (χ0v) is 17.2. The van der Waals surface area contributed by atoms with Crippen molar-refractivity contribution in [2.75, 3.05) is 25.5 Å². The predicted octanol–water partition coefficient (Wildman–Crippen LogP) is 2.83. The van der Waals surface area contributed by atoms with Crippen LogP contribution in [0.25, 0.3) is 11.4 Å². The number of hydrogen-bond donors (Lipinski definition) is 2. The largest absolute Gasteiger partial charge is 0.495 e. The van der Waals surface area contributed by atoms with E-state index in [1.54, 1.807) is 19.2 Å². The Morgan fingerprint density at radius 3 is 2.69 bits per heavy atom. The normalized spacial score (nSPS) is 11.8. The summed E-state index contributed by atoms with van der Waals surface area (Å²) >= 11 is 5.92. The summed E-state index contributed by atoms with van der Waals surface area (Å²) in [6.07, 6.45) is 0.926. The van der Waals surface area contributed by atoms with Gasteiger partial charge in [0.1, 0.15) is 5.75 Å². The number of amides is 1. The second-order valence-corrected chi connectivity index (χ2v) is 7.06. The summed E-state index contributed by atoms with van der Waals surface area (Å²) in [5, 5.41) is 7.60. The average Bonchev–Trinajstić information content (AvgIpc) is 3.17. The summed E-state index contributed by atoms with van der Waals surface area (Å²) < 4.78 is 10.7. The van der Waals surface area contributed by atoms with Gasteiger partial charge in [0.25, 0.3) is 11.8 Å². The second kappa shape index (κ2) is 10.0. The number of carbonyl (C=O) groups is 1. The molecule has 152 valence electrons. The maximum absolute atomic E-state index is 12.5. The van der Waals surface area contributed by atoms with Crippen LogP contribution in [0.3, 0.4) is 0 Å². The van der Waals surface area contributed by atoms with E-state index in [9.17, 15) is 4.79 Å². The maximum Gasteiger partial charge on any atom is 0.282 e. The van der Waals surface area contributed by atoms with Crippen LogP contribution in [-0.2, 0) is 11.3 Å². The van der Waals surface area contributed by atoms with E-state index in [4.69, 9.17) is 20.9 Å². The van der Waals surface area contributed by atoms with Gasteiger partial charge in [-0.15, -0.1) is 0 Å². The van der Waals surface area contributed by atoms with Crippen molar-refractivity contribution in [2.45, 2.75) is 19.9 Å². The fraction of sp³-hybridized carbons (Fsp3) is 0.286. The van der Waals surface area contributed by atoms with Crippen molar-refractivity contribution in [3.63, 3.8) is 0 Å². The van der Waals surface area contributed by atoms with Crippen LogP contribution in [0.5, 0.6) is 5.75 Å². The third-order valence-corrected chi connectivity index (χ3v) is 4.62. The summed E-state index contributed by atoms with van der Waals surface area (Å²) in [4.78, 5) is 18.0. The molecule has 1 amide bonds. The molecule has 0 spiro atoms.